The first-order valence-electron chi connectivity index (χ1n) is 5.49. The van der Waals surface area contributed by atoms with E-state index >= 15 is 0 Å². The Kier molecular flexibility index (Phi) is 5.15. The number of carbonyl (C=O) groups is 2. The molecule has 0 aromatic heterocycles. The molecule has 1 rings (SSSR count). The topological polar surface area (TPSA) is 81.4 Å². The van der Waals surface area contributed by atoms with Crippen LogP contribution in [-0.2, 0) is 9.53 Å². The van der Waals surface area contributed by atoms with E-state index in [-0.39, 0.29) is 5.91 Å². The third kappa shape index (κ3) is 3.73. The van der Waals surface area contributed by atoms with Crippen LogP contribution in [0, 0.1) is 0 Å². The van der Waals surface area contributed by atoms with Gasteiger partial charge in [-0.3, -0.25) is 4.79 Å². The molecule has 0 radical (unpaired) electrons. The van der Waals surface area contributed by atoms with Gasteiger partial charge in [-0.2, -0.15) is 0 Å². The quantitative estimate of drug-likeness (QED) is 0.655. The minimum absolute atomic E-state index is 0.312. The van der Waals surface area contributed by atoms with Crippen LogP contribution in [0.5, 0.6) is 0 Å². The second-order valence-electron chi connectivity index (χ2n) is 3.68. The molecule has 6 heteroatoms. The number of carbonyl (C=O) groups excluding carboxylic acids is 2. The number of hydrogen-bond acceptors (Lipinski definition) is 4. The second kappa shape index (κ2) is 6.39. The number of ether oxygens (including phenoxy) is 1. The van der Waals surface area contributed by atoms with Crippen LogP contribution in [0.25, 0.3) is 0 Å². The van der Waals surface area contributed by atoms with Crippen LogP contribution in [0.1, 0.15) is 24.2 Å². The van der Waals surface area contributed by atoms with Crippen molar-refractivity contribution in [2.45, 2.75) is 20.0 Å². The summed E-state index contributed by atoms with van der Waals surface area (Å²) in [7, 11) is 0. The number of hydrogen-bond donors (Lipinski definition) is 2. The molecule has 0 saturated heterocycles. The Bertz CT molecular complexity index is 463. The minimum Gasteiger partial charge on any atom is -0.449 e. The Morgan fingerprint density at radius 2 is 2.17 bits per heavy atom. The van der Waals surface area contributed by atoms with Gasteiger partial charge in [0, 0.05) is 16.7 Å². The zero-order valence-electron chi connectivity index (χ0n) is 10.2. The summed E-state index contributed by atoms with van der Waals surface area (Å²) in [5.41, 5.74) is 6.41. The maximum atomic E-state index is 11.8. The van der Waals surface area contributed by atoms with Crippen molar-refractivity contribution in [3.8, 4) is 0 Å². The number of benzene rings is 1. The van der Waals surface area contributed by atoms with Crippen molar-refractivity contribution in [2.75, 3.05) is 12.3 Å². The van der Waals surface area contributed by atoms with Gasteiger partial charge in [0.1, 0.15) is 0 Å². The van der Waals surface area contributed by atoms with E-state index in [9.17, 15) is 9.59 Å². The van der Waals surface area contributed by atoms with Crippen molar-refractivity contribution in [3.05, 3.63) is 28.2 Å². The third-order valence-corrected chi connectivity index (χ3v) is 2.96. The van der Waals surface area contributed by atoms with Gasteiger partial charge in [0.15, 0.2) is 6.10 Å². The molecule has 98 valence electrons. The van der Waals surface area contributed by atoms with E-state index in [0.717, 1.165) is 0 Å². The SMILES string of the molecule is CCNC(=O)C(C)OC(=O)c1ccc(Br)c(N)c1. The highest BCUT2D eigenvalue weighted by Crippen LogP contribution is 2.20. The van der Waals surface area contributed by atoms with Crippen LogP contribution in [-0.4, -0.2) is 24.5 Å². The minimum atomic E-state index is -0.831. The number of likely N-dealkylation sites (N-methyl/N-ethyl adjacent to an activating group) is 1. The molecule has 1 atom stereocenters. The molecule has 0 aliphatic heterocycles. The maximum Gasteiger partial charge on any atom is 0.338 e. The molecule has 1 aromatic carbocycles. The van der Waals surface area contributed by atoms with E-state index in [1.165, 1.54) is 13.0 Å². The highest BCUT2D eigenvalue weighted by atomic mass is 79.9. The number of nitrogens with one attached hydrogen (secondary N) is 1. The van der Waals surface area contributed by atoms with Crippen LogP contribution in [0.3, 0.4) is 0 Å². The van der Waals surface area contributed by atoms with E-state index in [0.29, 0.717) is 22.3 Å². The van der Waals surface area contributed by atoms with Crippen molar-refractivity contribution in [1.29, 1.82) is 0 Å². The van der Waals surface area contributed by atoms with Gasteiger partial charge in [0.25, 0.3) is 5.91 Å². The normalized spacial score (nSPS) is 11.7. The van der Waals surface area contributed by atoms with Gasteiger partial charge in [-0.15, -0.1) is 0 Å². The van der Waals surface area contributed by atoms with Gasteiger partial charge in [-0.1, -0.05) is 0 Å². The lowest BCUT2D eigenvalue weighted by molar-refractivity contribution is -0.128. The molecule has 0 spiro atoms. The predicted octanol–water partition coefficient (Wildman–Crippen LogP) is 1.71. The standard InChI is InChI=1S/C12H15BrN2O3/c1-3-15-11(16)7(2)18-12(17)8-4-5-9(13)10(14)6-8/h4-7H,3,14H2,1-2H3,(H,15,16). The van der Waals surface area contributed by atoms with Crippen LogP contribution in [0.4, 0.5) is 5.69 Å². The molecule has 0 heterocycles. The predicted molar refractivity (Wildman–Crippen MR) is 72.1 cm³/mol. The van der Waals surface area contributed by atoms with Crippen molar-refractivity contribution >= 4 is 33.5 Å². The largest absolute Gasteiger partial charge is 0.449 e. The summed E-state index contributed by atoms with van der Waals surface area (Å²) in [4.78, 5) is 23.2. The smallest absolute Gasteiger partial charge is 0.338 e. The summed E-state index contributed by atoms with van der Waals surface area (Å²) in [6.45, 7) is 3.80. The van der Waals surface area contributed by atoms with E-state index < -0.39 is 12.1 Å². The molecule has 0 fully saturated rings. The lowest BCUT2D eigenvalue weighted by atomic mass is 10.2. The number of amides is 1. The fraction of sp³-hybridized carbons (Fsp3) is 0.333. The zero-order chi connectivity index (χ0) is 13.7. The molecule has 1 aromatic rings. The number of nitrogens with two attached hydrogens (primary N) is 1. The number of esters is 1. The van der Waals surface area contributed by atoms with Gasteiger partial charge in [-0.05, 0) is 48.0 Å². The van der Waals surface area contributed by atoms with Crippen molar-refractivity contribution < 1.29 is 14.3 Å². The van der Waals surface area contributed by atoms with Gasteiger partial charge in [-0.25, -0.2) is 4.79 Å². The number of halogens is 1. The highest BCUT2D eigenvalue weighted by molar-refractivity contribution is 9.10. The molecule has 0 bridgehead atoms. The average Bonchev–Trinajstić information content (AvgIpc) is 2.32. The molecule has 18 heavy (non-hydrogen) atoms. The first kappa shape index (κ1) is 14.5. The zero-order valence-corrected chi connectivity index (χ0v) is 11.8. The molecular weight excluding hydrogens is 300 g/mol. The Morgan fingerprint density at radius 1 is 1.50 bits per heavy atom. The number of nitrogen functional groups attached to an aromatic ring is 1. The molecule has 3 N–H and O–H groups in total. The summed E-state index contributed by atoms with van der Waals surface area (Å²) in [6.07, 6.45) is -0.831. The first-order valence-corrected chi connectivity index (χ1v) is 6.28. The van der Waals surface area contributed by atoms with Crippen molar-refractivity contribution in [3.63, 3.8) is 0 Å². The van der Waals surface area contributed by atoms with Crippen molar-refractivity contribution in [1.82, 2.24) is 5.32 Å². The lowest BCUT2D eigenvalue weighted by Crippen LogP contribution is -2.35. The van der Waals surface area contributed by atoms with Crippen LogP contribution in [0.2, 0.25) is 0 Å². The monoisotopic (exact) mass is 314 g/mol. The van der Waals surface area contributed by atoms with Crippen LogP contribution in [0.15, 0.2) is 22.7 Å². The molecule has 1 amide bonds. The first-order chi connectivity index (χ1) is 8.45. The maximum absolute atomic E-state index is 11.8. The summed E-state index contributed by atoms with van der Waals surface area (Å²) >= 11 is 3.23. The Balaban J connectivity index is 2.70. The third-order valence-electron chi connectivity index (χ3n) is 2.24. The number of rotatable bonds is 4. The van der Waals surface area contributed by atoms with E-state index in [1.807, 2.05) is 0 Å². The van der Waals surface area contributed by atoms with Crippen molar-refractivity contribution in [2.24, 2.45) is 0 Å². The Hall–Kier alpha value is -1.56. The molecule has 0 aliphatic carbocycles. The second-order valence-corrected chi connectivity index (χ2v) is 4.53. The highest BCUT2D eigenvalue weighted by Gasteiger charge is 2.18. The van der Waals surface area contributed by atoms with Gasteiger partial charge in [0.05, 0.1) is 5.56 Å². The molecular formula is C12H15BrN2O3. The van der Waals surface area contributed by atoms with Gasteiger partial charge < -0.3 is 15.8 Å². The lowest BCUT2D eigenvalue weighted by Gasteiger charge is -2.12. The number of anilines is 1. The van der Waals surface area contributed by atoms with E-state index in [1.54, 1.807) is 19.1 Å². The summed E-state index contributed by atoms with van der Waals surface area (Å²) in [6, 6.07) is 4.73. The summed E-state index contributed by atoms with van der Waals surface area (Å²) in [5, 5.41) is 2.57. The molecule has 1 unspecified atom stereocenters. The van der Waals surface area contributed by atoms with Crippen LogP contribution < -0.4 is 11.1 Å². The summed E-state index contributed by atoms with van der Waals surface area (Å²) < 4.78 is 5.73. The van der Waals surface area contributed by atoms with Crippen LogP contribution >= 0.6 is 15.9 Å². The summed E-state index contributed by atoms with van der Waals surface area (Å²) in [5.74, 6) is -0.899. The van der Waals surface area contributed by atoms with E-state index in [2.05, 4.69) is 21.2 Å². The van der Waals surface area contributed by atoms with Gasteiger partial charge >= 0.3 is 5.97 Å². The Labute approximate surface area is 114 Å². The molecule has 5 nitrogen and oxygen atoms in total. The average molecular weight is 315 g/mol. The molecule has 0 saturated carbocycles. The fourth-order valence-corrected chi connectivity index (χ4v) is 1.52. The van der Waals surface area contributed by atoms with E-state index in [4.69, 9.17) is 10.5 Å². The Morgan fingerprint density at radius 3 is 2.72 bits per heavy atom. The fourth-order valence-electron chi connectivity index (χ4n) is 1.27. The van der Waals surface area contributed by atoms with Gasteiger partial charge in [0.2, 0.25) is 0 Å². The molecule has 0 aliphatic rings.